The molecule has 0 unspecified atom stereocenters. The van der Waals surface area contributed by atoms with Gasteiger partial charge in [-0.25, -0.2) is 0 Å². The van der Waals surface area contributed by atoms with Crippen LogP contribution in [-0.2, 0) is 4.79 Å². The Morgan fingerprint density at radius 3 is 2.63 bits per heavy atom. The molecule has 1 aliphatic rings. The SMILES string of the molecule is COc1ccc(OC)c(NC2=C(C=O)CCCC2)c1. The molecular formula is C15H19NO3. The fraction of sp³-hybridized carbons (Fsp3) is 0.400. The highest BCUT2D eigenvalue weighted by Crippen LogP contribution is 2.32. The largest absolute Gasteiger partial charge is 0.497 e. The van der Waals surface area contributed by atoms with Gasteiger partial charge < -0.3 is 14.8 Å². The number of rotatable bonds is 5. The normalized spacial score (nSPS) is 15.1. The number of hydrogen-bond acceptors (Lipinski definition) is 4. The first-order valence-electron chi connectivity index (χ1n) is 6.44. The van der Waals surface area contributed by atoms with Crippen LogP contribution >= 0.6 is 0 Å². The minimum absolute atomic E-state index is 0.740. The van der Waals surface area contributed by atoms with E-state index >= 15 is 0 Å². The smallest absolute Gasteiger partial charge is 0.147 e. The van der Waals surface area contributed by atoms with E-state index in [1.165, 1.54) is 0 Å². The number of aldehydes is 1. The highest BCUT2D eigenvalue weighted by Gasteiger charge is 2.14. The molecule has 1 aliphatic carbocycles. The van der Waals surface area contributed by atoms with Crippen molar-refractivity contribution in [2.24, 2.45) is 0 Å². The third-order valence-corrected chi connectivity index (χ3v) is 3.34. The summed E-state index contributed by atoms with van der Waals surface area (Å²) in [5.74, 6) is 1.50. The van der Waals surface area contributed by atoms with Crippen molar-refractivity contribution in [1.82, 2.24) is 0 Å². The second-order valence-electron chi connectivity index (χ2n) is 4.52. The minimum Gasteiger partial charge on any atom is -0.497 e. The molecule has 0 radical (unpaired) electrons. The van der Waals surface area contributed by atoms with Gasteiger partial charge in [0.1, 0.15) is 17.8 Å². The Morgan fingerprint density at radius 1 is 1.16 bits per heavy atom. The number of methoxy groups -OCH3 is 2. The average Bonchev–Trinajstić information content (AvgIpc) is 2.47. The molecule has 0 aromatic heterocycles. The van der Waals surface area contributed by atoms with E-state index in [-0.39, 0.29) is 0 Å². The van der Waals surface area contributed by atoms with Gasteiger partial charge in [-0.05, 0) is 37.8 Å². The molecule has 0 saturated heterocycles. The fourth-order valence-corrected chi connectivity index (χ4v) is 2.28. The van der Waals surface area contributed by atoms with Crippen molar-refractivity contribution in [2.75, 3.05) is 19.5 Å². The number of carbonyl (C=O) groups excluding carboxylic acids is 1. The number of anilines is 1. The van der Waals surface area contributed by atoms with Gasteiger partial charge in [0.05, 0.1) is 19.9 Å². The van der Waals surface area contributed by atoms with E-state index in [9.17, 15) is 4.79 Å². The molecule has 1 aromatic rings. The summed E-state index contributed by atoms with van der Waals surface area (Å²) in [7, 11) is 3.26. The Morgan fingerprint density at radius 2 is 1.95 bits per heavy atom. The topological polar surface area (TPSA) is 47.6 Å². The minimum atomic E-state index is 0.740. The van der Waals surface area contributed by atoms with Gasteiger partial charge in [0.15, 0.2) is 0 Å². The Hall–Kier alpha value is -1.97. The van der Waals surface area contributed by atoms with Crippen molar-refractivity contribution in [3.05, 3.63) is 29.5 Å². The molecule has 0 heterocycles. The maximum Gasteiger partial charge on any atom is 0.147 e. The summed E-state index contributed by atoms with van der Waals surface area (Å²) in [5.41, 5.74) is 2.68. The van der Waals surface area contributed by atoms with Crippen LogP contribution in [0.3, 0.4) is 0 Å². The first kappa shape index (κ1) is 13.5. The Balaban J connectivity index is 2.30. The molecule has 4 nitrogen and oxygen atoms in total. The van der Waals surface area contributed by atoms with Gasteiger partial charge >= 0.3 is 0 Å². The summed E-state index contributed by atoms with van der Waals surface area (Å²) >= 11 is 0. The first-order valence-corrected chi connectivity index (χ1v) is 6.44. The van der Waals surface area contributed by atoms with Gasteiger partial charge in [-0.3, -0.25) is 4.79 Å². The van der Waals surface area contributed by atoms with E-state index in [1.807, 2.05) is 18.2 Å². The standard InChI is InChI=1S/C15H19NO3/c1-18-12-7-8-15(19-2)14(9-12)16-13-6-4-3-5-11(13)10-17/h7-10,16H,3-6H2,1-2H3. The van der Waals surface area contributed by atoms with Crippen molar-refractivity contribution in [3.63, 3.8) is 0 Å². The van der Waals surface area contributed by atoms with E-state index in [0.717, 1.165) is 60.4 Å². The molecule has 4 heteroatoms. The van der Waals surface area contributed by atoms with Crippen LogP contribution in [0.25, 0.3) is 0 Å². The van der Waals surface area contributed by atoms with E-state index < -0.39 is 0 Å². The molecule has 0 spiro atoms. The molecule has 0 aliphatic heterocycles. The molecule has 1 N–H and O–H groups in total. The quantitative estimate of drug-likeness (QED) is 0.827. The van der Waals surface area contributed by atoms with Gasteiger partial charge in [-0.2, -0.15) is 0 Å². The average molecular weight is 261 g/mol. The third-order valence-electron chi connectivity index (χ3n) is 3.34. The molecule has 2 rings (SSSR count). The van der Waals surface area contributed by atoms with Crippen LogP contribution in [0, 0.1) is 0 Å². The van der Waals surface area contributed by atoms with Crippen LogP contribution in [-0.4, -0.2) is 20.5 Å². The second kappa shape index (κ2) is 6.27. The predicted octanol–water partition coefficient (Wildman–Crippen LogP) is 3.14. The van der Waals surface area contributed by atoms with Crippen LogP contribution in [0.2, 0.25) is 0 Å². The molecule has 0 amide bonds. The number of carbonyl (C=O) groups is 1. The number of ether oxygens (including phenoxy) is 2. The number of allylic oxidation sites excluding steroid dienone is 2. The monoisotopic (exact) mass is 261 g/mol. The van der Waals surface area contributed by atoms with Crippen molar-refractivity contribution >= 4 is 12.0 Å². The van der Waals surface area contributed by atoms with Gasteiger partial charge in [0.2, 0.25) is 0 Å². The Bertz CT molecular complexity index is 494. The van der Waals surface area contributed by atoms with E-state index in [1.54, 1.807) is 14.2 Å². The molecule has 0 atom stereocenters. The summed E-state index contributed by atoms with van der Waals surface area (Å²) in [5, 5.41) is 3.32. The lowest BCUT2D eigenvalue weighted by Crippen LogP contribution is -2.10. The van der Waals surface area contributed by atoms with Crippen LogP contribution < -0.4 is 14.8 Å². The van der Waals surface area contributed by atoms with Gasteiger partial charge in [0, 0.05) is 17.3 Å². The highest BCUT2D eigenvalue weighted by atomic mass is 16.5. The zero-order valence-corrected chi connectivity index (χ0v) is 11.4. The Kier molecular flexibility index (Phi) is 4.44. The van der Waals surface area contributed by atoms with Crippen LogP contribution in [0.1, 0.15) is 25.7 Å². The number of nitrogens with one attached hydrogen (secondary N) is 1. The first-order chi connectivity index (χ1) is 9.28. The number of hydrogen-bond donors (Lipinski definition) is 1. The summed E-state index contributed by atoms with van der Waals surface area (Å²) < 4.78 is 10.5. The molecule has 1 aromatic carbocycles. The lowest BCUT2D eigenvalue weighted by atomic mass is 9.97. The van der Waals surface area contributed by atoms with Crippen molar-refractivity contribution in [2.45, 2.75) is 25.7 Å². The van der Waals surface area contributed by atoms with Gasteiger partial charge in [-0.1, -0.05) is 0 Å². The molecule has 0 bridgehead atoms. The van der Waals surface area contributed by atoms with Crippen molar-refractivity contribution in [1.29, 1.82) is 0 Å². The molecule has 0 fully saturated rings. The third kappa shape index (κ3) is 3.08. The molecule has 0 saturated carbocycles. The van der Waals surface area contributed by atoms with Crippen LogP contribution in [0.4, 0.5) is 5.69 Å². The van der Waals surface area contributed by atoms with E-state index in [0.29, 0.717) is 0 Å². The van der Waals surface area contributed by atoms with Crippen LogP contribution in [0.15, 0.2) is 29.5 Å². The van der Waals surface area contributed by atoms with E-state index in [4.69, 9.17) is 9.47 Å². The van der Waals surface area contributed by atoms with Gasteiger partial charge in [0.25, 0.3) is 0 Å². The molecule has 102 valence electrons. The zero-order valence-electron chi connectivity index (χ0n) is 11.4. The molecular weight excluding hydrogens is 242 g/mol. The fourth-order valence-electron chi connectivity index (χ4n) is 2.28. The van der Waals surface area contributed by atoms with Crippen molar-refractivity contribution in [3.8, 4) is 11.5 Å². The maximum absolute atomic E-state index is 11.1. The summed E-state index contributed by atoms with van der Waals surface area (Å²) in [6.45, 7) is 0. The maximum atomic E-state index is 11.1. The summed E-state index contributed by atoms with van der Waals surface area (Å²) in [6, 6.07) is 5.58. The summed E-state index contributed by atoms with van der Waals surface area (Å²) in [6.07, 6.45) is 4.88. The van der Waals surface area contributed by atoms with Crippen molar-refractivity contribution < 1.29 is 14.3 Å². The summed E-state index contributed by atoms with van der Waals surface area (Å²) in [4.78, 5) is 11.1. The lowest BCUT2D eigenvalue weighted by molar-refractivity contribution is -0.105. The van der Waals surface area contributed by atoms with E-state index in [2.05, 4.69) is 5.32 Å². The highest BCUT2D eigenvalue weighted by molar-refractivity contribution is 5.77. The van der Waals surface area contributed by atoms with Crippen LogP contribution in [0.5, 0.6) is 11.5 Å². The zero-order chi connectivity index (χ0) is 13.7. The van der Waals surface area contributed by atoms with Gasteiger partial charge in [-0.15, -0.1) is 0 Å². The number of benzene rings is 1. The Labute approximate surface area is 113 Å². The molecule has 19 heavy (non-hydrogen) atoms. The second-order valence-corrected chi connectivity index (χ2v) is 4.52. The lowest BCUT2D eigenvalue weighted by Gasteiger charge is -2.20. The predicted molar refractivity (Wildman–Crippen MR) is 74.7 cm³/mol.